The fourth-order valence-corrected chi connectivity index (χ4v) is 3.25. The van der Waals surface area contributed by atoms with E-state index in [4.69, 9.17) is 16.3 Å². The molecular weight excluding hydrogens is 376 g/mol. The van der Waals surface area contributed by atoms with Gasteiger partial charge in [-0.1, -0.05) is 25.4 Å². The third-order valence-corrected chi connectivity index (χ3v) is 5.09. The molecule has 1 aromatic carbocycles. The predicted octanol–water partition coefficient (Wildman–Crippen LogP) is 0.691. The minimum Gasteiger partial charge on any atom is -0.545 e. The van der Waals surface area contributed by atoms with Gasteiger partial charge in [-0.25, -0.2) is 0 Å². The number of halogens is 4. The number of benzene rings is 1. The number of fused-ring (bicyclic) bond motifs is 1. The van der Waals surface area contributed by atoms with Crippen LogP contribution in [0.5, 0.6) is 5.75 Å². The Kier molecular flexibility index (Phi) is 7.56. The smallest absolute Gasteiger partial charge is 0.545 e. The first kappa shape index (κ1) is 21.7. The van der Waals surface area contributed by atoms with Crippen LogP contribution in [-0.2, 0) is 4.79 Å². The maximum absolute atomic E-state index is 13.0. The molecule has 0 spiro atoms. The zero-order valence-electron chi connectivity index (χ0n) is 13.2. The Hall–Kier alpha value is -0.340. The van der Waals surface area contributed by atoms with E-state index in [1.54, 1.807) is 0 Å². The Bertz CT molecular complexity index is 664. The summed E-state index contributed by atoms with van der Waals surface area (Å²) < 4.78 is 43.9. The van der Waals surface area contributed by atoms with Crippen molar-refractivity contribution in [1.82, 2.24) is 0 Å². The number of thioether (sulfide) groups is 1. The molecule has 1 aromatic rings. The molecule has 24 heavy (non-hydrogen) atoms. The van der Waals surface area contributed by atoms with Crippen molar-refractivity contribution in [3.05, 3.63) is 28.3 Å². The van der Waals surface area contributed by atoms with Crippen molar-refractivity contribution >= 4 is 35.4 Å². The van der Waals surface area contributed by atoms with Crippen molar-refractivity contribution in [3.63, 3.8) is 0 Å². The van der Waals surface area contributed by atoms with Gasteiger partial charge in [-0.2, -0.15) is 13.2 Å². The molecule has 0 saturated carbocycles. The van der Waals surface area contributed by atoms with Gasteiger partial charge in [0.2, 0.25) is 6.10 Å². The van der Waals surface area contributed by atoms with Crippen LogP contribution in [0.15, 0.2) is 22.6 Å². The second-order valence-electron chi connectivity index (χ2n) is 5.08. The Morgan fingerprint density at radius 3 is 2.58 bits per heavy atom. The van der Waals surface area contributed by atoms with Gasteiger partial charge in [0.25, 0.3) is 0 Å². The first-order chi connectivity index (χ1) is 10.6. The minimum atomic E-state index is -4.85. The van der Waals surface area contributed by atoms with Gasteiger partial charge in [-0.3, -0.25) is 0 Å². The molecule has 0 aromatic heterocycles. The van der Waals surface area contributed by atoms with E-state index < -0.39 is 23.8 Å². The van der Waals surface area contributed by atoms with E-state index in [9.17, 15) is 23.1 Å². The maximum atomic E-state index is 13.0. The molecule has 3 nitrogen and oxygen atoms in total. The molecular formula is C15H13ClF3NaO3S. The van der Waals surface area contributed by atoms with Crippen LogP contribution in [0.3, 0.4) is 0 Å². The van der Waals surface area contributed by atoms with Crippen LogP contribution in [-0.4, -0.2) is 23.5 Å². The van der Waals surface area contributed by atoms with Gasteiger partial charge >= 0.3 is 35.7 Å². The number of carbonyl (C=O) groups excluding carboxylic acids is 1. The van der Waals surface area contributed by atoms with Crippen molar-refractivity contribution in [2.75, 3.05) is 0 Å². The Morgan fingerprint density at radius 1 is 1.46 bits per heavy atom. The first-order valence-corrected chi connectivity index (χ1v) is 8.05. The molecule has 1 aliphatic rings. The largest absolute Gasteiger partial charge is 1.00 e. The molecule has 0 saturated heterocycles. The maximum Gasteiger partial charge on any atom is 1.00 e. The molecule has 2 unspecified atom stereocenters. The standard InChI is InChI=1S/C15H14ClF3O3S.Na/c1-3-7(2)23-12-6-11-8(5-10(12)16)4-9(14(20)21)13(22-11)15(17,18)19;/h4-7,13H,3H2,1-2H3,(H,20,21);/q;+1/p-1. The van der Waals surface area contributed by atoms with E-state index >= 15 is 0 Å². The summed E-state index contributed by atoms with van der Waals surface area (Å²) in [7, 11) is 0. The van der Waals surface area contributed by atoms with Crippen molar-refractivity contribution in [1.29, 1.82) is 0 Å². The van der Waals surface area contributed by atoms with Crippen LogP contribution in [0, 0.1) is 0 Å². The summed E-state index contributed by atoms with van der Waals surface area (Å²) in [6.07, 6.45) is -5.65. The Labute approximate surface area is 168 Å². The molecule has 0 aliphatic carbocycles. The molecule has 126 valence electrons. The second-order valence-corrected chi connectivity index (χ2v) is 6.97. The molecule has 9 heteroatoms. The molecule has 2 atom stereocenters. The Morgan fingerprint density at radius 2 is 2.08 bits per heavy atom. The van der Waals surface area contributed by atoms with Gasteiger partial charge < -0.3 is 14.6 Å². The summed E-state index contributed by atoms with van der Waals surface area (Å²) >= 11 is 7.54. The van der Waals surface area contributed by atoms with Crippen molar-refractivity contribution in [2.45, 2.75) is 42.7 Å². The summed E-state index contributed by atoms with van der Waals surface area (Å²) in [6.45, 7) is 3.95. The summed E-state index contributed by atoms with van der Waals surface area (Å²) in [6, 6.07) is 2.81. The zero-order valence-corrected chi connectivity index (χ0v) is 16.8. The summed E-state index contributed by atoms with van der Waals surface area (Å²) in [5, 5.41) is 11.5. The number of hydrogen-bond acceptors (Lipinski definition) is 4. The van der Waals surface area contributed by atoms with Crippen LogP contribution < -0.4 is 39.4 Å². The summed E-state index contributed by atoms with van der Waals surface area (Å²) in [4.78, 5) is 11.5. The predicted molar refractivity (Wildman–Crippen MR) is 80.5 cm³/mol. The quantitative estimate of drug-likeness (QED) is 0.562. The monoisotopic (exact) mass is 388 g/mol. The SMILES string of the molecule is CCC(C)Sc1cc2c(cc1Cl)C=C(C(=O)[O-])C(C(F)(F)F)O2.[Na+]. The molecule has 0 bridgehead atoms. The molecule has 0 fully saturated rings. The molecule has 0 amide bonds. The summed E-state index contributed by atoms with van der Waals surface area (Å²) in [5.41, 5.74) is -0.786. The van der Waals surface area contributed by atoms with Gasteiger partial charge in [0, 0.05) is 21.3 Å². The zero-order chi connectivity index (χ0) is 17.4. The van der Waals surface area contributed by atoms with E-state index in [0.717, 1.165) is 12.5 Å². The van der Waals surface area contributed by atoms with Crippen molar-refractivity contribution in [2.24, 2.45) is 0 Å². The van der Waals surface area contributed by atoms with Gasteiger partial charge in [0.05, 0.1) is 11.0 Å². The summed E-state index contributed by atoms with van der Waals surface area (Å²) in [5.74, 6) is -1.97. The van der Waals surface area contributed by atoms with E-state index in [2.05, 4.69) is 0 Å². The van der Waals surface area contributed by atoms with E-state index in [1.807, 2.05) is 13.8 Å². The van der Waals surface area contributed by atoms with Crippen LogP contribution in [0.25, 0.3) is 6.08 Å². The molecule has 0 radical (unpaired) electrons. The van der Waals surface area contributed by atoms with E-state index in [1.165, 1.54) is 23.9 Å². The van der Waals surface area contributed by atoms with E-state index in [-0.39, 0.29) is 46.1 Å². The fraction of sp³-hybridized carbons (Fsp3) is 0.400. The van der Waals surface area contributed by atoms with Gasteiger partial charge in [0.1, 0.15) is 5.75 Å². The number of carboxylic acid groups (broad SMARTS) is 1. The molecule has 1 heterocycles. The molecule has 2 rings (SSSR count). The molecule has 0 N–H and O–H groups in total. The van der Waals surface area contributed by atoms with Gasteiger partial charge in [0.15, 0.2) is 0 Å². The first-order valence-electron chi connectivity index (χ1n) is 6.80. The van der Waals surface area contributed by atoms with Crippen molar-refractivity contribution in [3.8, 4) is 5.75 Å². The molecule has 1 aliphatic heterocycles. The normalized spacial score (nSPS) is 17.9. The Balaban J connectivity index is 0.00000288. The number of ether oxygens (including phenoxy) is 1. The van der Waals surface area contributed by atoms with Gasteiger partial charge in [-0.05, 0) is 24.6 Å². The number of hydrogen-bond donors (Lipinski definition) is 0. The number of rotatable bonds is 4. The fourth-order valence-electron chi connectivity index (χ4n) is 2.00. The minimum absolute atomic E-state index is 0. The van der Waals surface area contributed by atoms with Crippen LogP contribution >= 0.6 is 23.4 Å². The van der Waals surface area contributed by atoms with Crippen LogP contribution in [0.2, 0.25) is 5.02 Å². The number of carboxylic acids is 1. The second kappa shape index (κ2) is 8.36. The third-order valence-electron chi connectivity index (χ3n) is 3.34. The number of aliphatic carboxylic acids is 1. The van der Waals surface area contributed by atoms with Crippen molar-refractivity contribution < 1.29 is 57.4 Å². The number of carbonyl (C=O) groups is 1. The van der Waals surface area contributed by atoms with E-state index in [0.29, 0.717) is 9.92 Å². The average Bonchev–Trinajstić information content (AvgIpc) is 2.45. The number of alkyl halides is 3. The third kappa shape index (κ3) is 4.85. The van der Waals surface area contributed by atoms with Crippen LogP contribution in [0.1, 0.15) is 25.8 Å². The average molecular weight is 389 g/mol. The topological polar surface area (TPSA) is 49.4 Å². The van der Waals surface area contributed by atoms with Crippen LogP contribution in [0.4, 0.5) is 13.2 Å². The van der Waals surface area contributed by atoms with Gasteiger partial charge in [-0.15, -0.1) is 11.8 Å².